The number of benzene rings is 2. The SMILES string of the molecule is CCCc1ccc(-c2onc3c2CCc2cc(C(O)C(=O)NCCS(C)=O)ccc2-3)cc1. The highest BCUT2D eigenvalue weighted by molar-refractivity contribution is 7.84. The fourth-order valence-corrected chi connectivity index (χ4v) is 4.53. The lowest BCUT2D eigenvalue weighted by molar-refractivity contribution is -0.129. The molecule has 0 radical (unpaired) electrons. The molecule has 0 bridgehead atoms. The molecule has 1 aliphatic carbocycles. The first kappa shape index (κ1) is 22.4. The van der Waals surface area contributed by atoms with Gasteiger partial charge in [-0.3, -0.25) is 9.00 Å². The molecule has 2 atom stereocenters. The van der Waals surface area contributed by atoms with Gasteiger partial charge >= 0.3 is 0 Å². The fraction of sp³-hybridized carbons (Fsp3) is 0.360. The van der Waals surface area contributed by atoms with E-state index in [2.05, 4.69) is 41.7 Å². The molecule has 6 nitrogen and oxygen atoms in total. The van der Waals surface area contributed by atoms with Crippen molar-refractivity contribution in [2.24, 2.45) is 0 Å². The van der Waals surface area contributed by atoms with Crippen molar-refractivity contribution in [1.82, 2.24) is 10.5 Å². The number of aliphatic hydroxyl groups is 1. The van der Waals surface area contributed by atoms with E-state index in [-0.39, 0.29) is 6.54 Å². The topological polar surface area (TPSA) is 92.4 Å². The minimum atomic E-state index is -1.26. The Balaban J connectivity index is 1.54. The third kappa shape index (κ3) is 4.69. The number of aryl methyl sites for hydroxylation is 2. The van der Waals surface area contributed by atoms with E-state index in [1.165, 1.54) is 5.56 Å². The molecule has 1 amide bonds. The van der Waals surface area contributed by atoms with E-state index in [0.29, 0.717) is 11.3 Å². The number of nitrogens with one attached hydrogen (secondary N) is 1. The van der Waals surface area contributed by atoms with E-state index < -0.39 is 22.8 Å². The standard InChI is InChI=1S/C25H28N2O4S/c1-3-4-16-5-7-17(8-6-16)24-21-12-9-18-15-19(10-11-20(18)22(21)27-31-24)23(28)25(29)26-13-14-32(2)30/h5-8,10-11,15,23,28H,3-4,9,12-14H2,1-2H3,(H,26,29). The van der Waals surface area contributed by atoms with Crippen LogP contribution >= 0.6 is 0 Å². The summed E-state index contributed by atoms with van der Waals surface area (Å²) in [5.41, 5.74) is 6.81. The molecule has 0 aliphatic heterocycles. The Labute approximate surface area is 190 Å². The lowest BCUT2D eigenvalue weighted by Gasteiger charge is -2.18. The molecule has 0 fully saturated rings. The molecular weight excluding hydrogens is 424 g/mol. The summed E-state index contributed by atoms with van der Waals surface area (Å²) in [4.78, 5) is 12.2. The first-order valence-electron chi connectivity index (χ1n) is 10.9. The average Bonchev–Trinajstić information content (AvgIpc) is 3.23. The van der Waals surface area contributed by atoms with E-state index in [9.17, 15) is 14.1 Å². The molecule has 2 unspecified atom stereocenters. The predicted octanol–water partition coefficient (Wildman–Crippen LogP) is 3.59. The molecule has 1 aromatic heterocycles. The first-order chi connectivity index (χ1) is 15.5. The van der Waals surface area contributed by atoms with Gasteiger partial charge in [0, 0.05) is 46.0 Å². The molecule has 3 aromatic rings. The second-order valence-corrected chi connectivity index (χ2v) is 9.73. The van der Waals surface area contributed by atoms with Crippen molar-refractivity contribution in [2.45, 2.75) is 38.7 Å². The van der Waals surface area contributed by atoms with Crippen LogP contribution in [0.15, 0.2) is 47.0 Å². The Kier molecular flexibility index (Phi) is 6.86. The molecule has 2 N–H and O–H groups in total. The zero-order valence-corrected chi connectivity index (χ0v) is 19.2. The molecule has 4 rings (SSSR count). The van der Waals surface area contributed by atoms with Crippen LogP contribution in [-0.4, -0.2) is 38.9 Å². The summed E-state index contributed by atoms with van der Waals surface area (Å²) >= 11 is 0. The molecule has 168 valence electrons. The van der Waals surface area contributed by atoms with Crippen molar-refractivity contribution in [3.8, 4) is 22.6 Å². The number of fused-ring (bicyclic) bond motifs is 3. The van der Waals surface area contributed by atoms with Crippen LogP contribution in [0.2, 0.25) is 0 Å². The van der Waals surface area contributed by atoms with Gasteiger partial charge in [-0.05, 0) is 36.0 Å². The molecule has 0 saturated heterocycles. The normalized spacial score (nSPS) is 14.3. The molecule has 2 aromatic carbocycles. The summed E-state index contributed by atoms with van der Waals surface area (Å²) in [6.07, 6.45) is 4.06. The smallest absolute Gasteiger partial charge is 0.253 e. The van der Waals surface area contributed by atoms with Gasteiger partial charge in [-0.2, -0.15) is 0 Å². The zero-order valence-electron chi connectivity index (χ0n) is 18.4. The van der Waals surface area contributed by atoms with Gasteiger partial charge in [0.1, 0.15) is 5.69 Å². The number of hydrogen-bond acceptors (Lipinski definition) is 5. The van der Waals surface area contributed by atoms with Gasteiger partial charge in [0.2, 0.25) is 0 Å². The monoisotopic (exact) mass is 452 g/mol. The number of carbonyl (C=O) groups excluding carboxylic acids is 1. The maximum atomic E-state index is 12.2. The van der Waals surface area contributed by atoms with Crippen LogP contribution in [-0.2, 0) is 34.9 Å². The Hall–Kier alpha value is -2.77. The summed E-state index contributed by atoms with van der Waals surface area (Å²) in [5.74, 6) is 0.689. The molecule has 0 saturated carbocycles. The summed E-state index contributed by atoms with van der Waals surface area (Å²) in [6, 6.07) is 14.0. The van der Waals surface area contributed by atoms with Gasteiger partial charge in [-0.25, -0.2) is 0 Å². The zero-order chi connectivity index (χ0) is 22.7. The lowest BCUT2D eigenvalue weighted by Crippen LogP contribution is -2.32. The van der Waals surface area contributed by atoms with Gasteiger partial charge in [0.25, 0.3) is 5.91 Å². The van der Waals surface area contributed by atoms with Crippen molar-refractivity contribution >= 4 is 16.7 Å². The van der Waals surface area contributed by atoms with Crippen molar-refractivity contribution in [3.63, 3.8) is 0 Å². The van der Waals surface area contributed by atoms with Crippen LogP contribution in [0.1, 0.15) is 41.7 Å². The van der Waals surface area contributed by atoms with E-state index in [1.54, 1.807) is 12.3 Å². The van der Waals surface area contributed by atoms with Crippen LogP contribution in [0, 0.1) is 0 Å². The quantitative estimate of drug-likeness (QED) is 0.545. The van der Waals surface area contributed by atoms with Gasteiger partial charge in [0.05, 0.1) is 0 Å². The summed E-state index contributed by atoms with van der Waals surface area (Å²) in [7, 11) is -0.989. The number of aromatic nitrogens is 1. The van der Waals surface area contributed by atoms with E-state index >= 15 is 0 Å². The highest BCUT2D eigenvalue weighted by atomic mass is 32.2. The third-order valence-electron chi connectivity index (χ3n) is 5.82. The van der Waals surface area contributed by atoms with Crippen LogP contribution in [0.3, 0.4) is 0 Å². The molecule has 7 heteroatoms. The summed E-state index contributed by atoms with van der Waals surface area (Å²) in [5, 5.41) is 17.4. The molecule has 1 aliphatic rings. The highest BCUT2D eigenvalue weighted by Gasteiger charge is 2.26. The highest BCUT2D eigenvalue weighted by Crippen LogP contribution is 2.39. The molecule has 32 heavy (non-hydrogen) atoms. The van der Waals surface area contributed by atoms with Gasteiger partial charge in [-0.1, -0.05) is 61.0 Å². The second kappa shape index (κ2) is 9.79. The Morgan fingerprint density at radius 3 is 2.72 bits per heavy atom. The largest absolute Gasteiger partial charge is 0.378 e. The number of carbonyl (C=O) groups is 1. The van der Waals surface area contributed by atoms with Crippen molar-refractivity contribution in [1.29, 1.82) is 0 Å². The maximum Gasteiger partial charge on any atom is 0.253 e. The van der Waals surface area contributed by atoms with Crippen LogP contribution in [0.25, 0.3) is 22.6 Å². The van der Waals surface area contributed by atoms with Crippen molar-refractivity contribution in [3.05, 3.63) is 64.7 Å². The molecular formula is C25H28N2O4S. The van der Waals surface area contributed by atoms with Gasteiger partial charge in [0.15, 0.2) is 11.9 Å². The third-order valence-corrected chi connectivity index (χ3v) is 6.60. The Bertz CT molecular complexity index is 1140. The minimum Gasteiger partial charge on any atom is -0.378 e. The van der Waals surface area contributed by atoms with Gasteiger partial charge < -0.3 is 14.9 Å². The molecule has 0 spiro atoms. The number of amides is 1. The second-order valence-electron chi connectivity index (χ2n) is 8.17. The number of rotatable bonds is 8. The van der Waals surface area contributed by atoms with E-state index in [4.69, 9.17) is 4.52 Å². The predicted molar refractivity (Wildman–Crippen MR) is 126 cm³/mol. The van der Waals surface area contributed by atoms with Gasteiger partial charge in [-0.15, -0.1) is 0 Å². The Morgan fingerprint density at radius 1 is 1.22 bits per heavy atom. The fourth-order valence-electron chi connectivity index (χ4n) is 4.14. The van der Waals surface area contributed by atoms with Crippen molar-refractivity contribution < 1.29 is 18.6 Å². The number of aliphatic hydroxyl groups excluding tert-OH is 1. The van der Waals surface area contributed by atoms with Crippen molar-refractivity contribution in [2.75, 3.05) is 18.6 Å². The van der Waals surface area contributed by atoms with E-state index in [0.717, 1.165) is 59.4 Å². The van der Waals surface area contributed by atoms with E-state index in [1.807, 2.05) is 12.1 Å². The summed E-state index contributed by atoms with van der Waals surface area (Å²) in [6.45, 7) is 2.44. The minimum absolute atomic E-state index is 0.272. The average molecular weight is 453 g/mol. The van der Waals surface area contributed by atoms with Crippen LogP contribution in [0.4, 0.5) is 0 Å². The number of hydrogen-bond donors (Lipinski definition) is 2. The summed E-state index contributed by atoms with van der Waals surface area (Å²) < 4.78 is 16.9. The molecule has 1 heterocycles. The number of nitrogens with zero attached hydrogens (tertiary/aromatic N) is 1. The van der Waals surface area contributed by atoms with Crippen LogP contribution < -0.4 is 5.32 Å². The lowest BCUT2D eigenvalue weighted by atomic mass is 9.86. The maximum absolute atomic E-state index is 12.2. The van der Waals surface area contributed by atoms with Crippen LogP contribution in [0.5, 0.6) is 0 Å². The Morgan fingerprint density at radius 2 is 2.00 bits per heavy atom. The first-order valence-corrected chi connectivity index (χ1v) is 12.7.